The number of halogens is 3. The van der Waals surface area contributed by atoms with Crippen LogP contribution in [0.25, 0.3) is 11.1 Å². The average Bonchev–Trinajstić information content (AvgIpc) is 2.80. The highest BCUT2D eigenvalue weighted by atomic mass is 79.9. The van der Waals surface area contributed by atoms with Crippen LogP contribution in [0.5, 0.6) is 0 Å². The van der Waals surface area contributed by atoms with Crippen LogP contribution >= 0.6 is 27.5 Å². The molecule has 1 heterocycles. The molecule has 3 rings (SSSR count). The SMILES string of the molecule is CB(O)N(C)c1cc(F)cc2c1Cc1ncc(Br)c(Cl)c1-2. The Morgan fingerprint density at radius 2 is 2.19 bits per heavy atom. The van der Waals surface area contributed by atoms with Gasteiger partial charge in [0, 0.05) is 23.9 Å². The van der Waals surface area contributed by atoms with Gasteiger partial charge in [0.1, 0.15) is 5.82 Å². The maximum absolute atomic E-state index is 14.0. The van der Waals surface area contributed by atoms with Gasteiger partial charge < -0.3 is 9.83 Å². The van der Waals surface area contributed by atoms with Gasteiger partial charge in [-0.15, -0.1) is 0 Å². The topological polar surface area (TPSA) is 36.4 Å². The van der Waals surface area contributed by atoms with E-state index in [1.165, 1.54) is 12.1 Å². The first-order valence-electron chi connectivity index (χ1n) is 6.46. The second-order valence-corrected chi connectivity index (χ2v) is 6.34. The highest BCUT2D eigenvalue weighted by Gasteiger charge is 2.29. The van der Waals surface area contributed by atoms with Crippen molar-refractivity contribution in [3.63, 3.8) is 0 Å². The number of nitrogens with zero attached hydrogens (tertiary/aromatic N) is 2. The quantitative estimate of drug-likeness (QED) is 0.699. The summed E-state index contributed by atoms with van der Waals surface area (Å²) >= 11 is 9.69. The number of fused-ring (bicyclic) bond motifs is 3. The second kappa shape index (κ2) is 5.27. The molecule has 0 fully saturated rings. The predicted molar refractivity (Wildman–Crippen MR) is 87.4 cm³/mol. The normalized spacial score (nSPS) is 12.1. The van der Waals surface area contributed by atoms with Gasteiger partial charge in [-0.05, 0) is 53.1 Å². The molecule has 1 aliphatic rings. The summed E-state index contributed by atoms with van der Waals surface area (Å²) in [6.07, 6.45) is 2.23. The van der Waals surface area contributed by atoms with Crippen LogP contribution in [-0.4, -0.2) is 24.1 Å². The monoisotopic (exact) mass is 368 g/mol. The molecule has 1 aromatic heterocycles. The van der Waals surface area contributed by atoms with Crippen molar-refractivity contribution in [2.24, 2.45) is 0 Å². The zero-order chi connectivity index (χ0) is 15.3. The van der Waals surface area contributed by atoms with Crippen molar-refractivity contribution in [3.8, 4) is 11.1 Å². The molecule has 7 heteroatoms. The number of hydrogen-bond donors (Lipinski definition) is 1. The van der Waals surface area contributed by atoms with Crippen molar-refractivity contribution in [2.75, 3.05) is 11.9 Å². The second-order valence-electron chi connectivity index (χ2n) is 5.11. The van der Waals surface area contributed by atoms with Crippen molar-refractivity contribution < 1.29 is 9.41 Å². The molecular weight excluding hydrogens is 357 g/mol. The molecule has 0 radical (unpaired) electrons. The molecule has 0 spiro atoms. The van der Waals surface area contributed by atoms with Crippen LogP contribution in [0.1, 0.15) is 11.3 Å². The van der Waals surface area contributed by atoms with Crippen LogP contribution in [0.4, 0.5) is 10.1 Å². The van der Waals surface area contributed by atoms with Gasteiger partial charge in [-0.3, -0.25) is 4.98 Å². The summed E-state index contributed by atoms with van der Waals surface area (Å²) in [6, 6.07) is 2.90. The van der Waals surface area contributed by atoms with Gasteiger partial charge in [0.15, 0.2) is 0 Å². The van der Waals surface area contributed by atoms with Crippen LogP contribution in [-0.2, 0) is 6.42 Å². The maximum atomic E-state index is 14.0. The molecule has 1 N–H and O–H groups in total. The van der Waals surface area contributed by atoms with Crippen molar-refractivity contribution in [1.82, 2.24) is 4.98 Å². The third-order valence-corrected chi connectivity index (χ3v) is 5.02. The lowest BCUT2D eigenvalue weighted by atomic mass is 9.84. The van der Waals surface area contributed by atoms with Gasteiger partial charge >= 0.3 is 7.05 Å². The molecule has 2 aromatic rings. The van der Waals surface area contributed by atoms with Crippen molar-refractivity contribution in [2.45, 2.75) is 13.2 Å². The van der Waals surface area contributed by atoms with Gasteiger partial charge in [-0.1, -0.05) is 11.6 Å². The zero-order valence-electron chi connectivity index (χ0n) is 11.5. The molecule has 0 saturated carbocycles. The van der Waals surface area contributed by atoms with E-state index in [-0.39, 0.29) is 5.82 Å². The standard InChI is InChI=1S/C14H12BBrClFN2O/c1-15(21)20(2)12-4-7(18)3-9-8(12)5-11-13(9)14(17)10(16)6-19-11/h3-4,6,21H,5H2,1-2H3. The number of anilines is 1. The van der Waals surface area contributed by atoms with E-state index >= 15 is 0 Å². The number of benzene rings is 1. The third-order valence-electron chi connectivity index (χ3n) is 3.80. The molecule has 1 aromatic carbocycles. The molecule has 3 nitrogen and oxygen atoms in total. The van der Waals surface area contributed by atoms with E-state index in [9.17, 15) is 9.41 Å². The predicted octanol–water partition coefficient (Wildman–Crippen LogP) is 3.75. The first-order chi connectivity index (χ1) is 9.90. The Bertz CT molecular complexity index is 741. The maximum Gasteiger partial charge on any atom is 0.409 e. The van der Waals surface area contributed by atoms with Gasteiger partial charge in [-0.25, -0.2) is 4.39 Å². The Kier molecular flexibility index (Phi) is 3.72. The summed E-state index contributed by atoms with van der Waals surface area (Å²) in [4.78, 5) is 6.01. The molecule has 0 atom stereocenters. The molecule has 21 heavy (non-hydrogen) atoms. The minimum Gasteiger partial charge on any atom is -0.432 e. The molecular formula is C14H12BBrClFN2O. The van der Waals surface area contributed by atoms with Crippen LogP contribution in [0.15, 0.2) is 22.8 Å². The number of rotatable bonds is 2. The zero-order valence-corrected chi connectivity index (χ0v) is 13.8. The fraction of sp³-hybridized carbons (Fsp3) is 0.214. The van der Waals surface area contributed by atoms with Crippen LogP contribution < -0.4 is 4.81 Å². The lowest BCUT2D eigenvalue weighted by molar-refractivity contribution is 0.574. The van der Waals surface area contributed by atoms with Gasteiger partial charge in [0.2, 0.25) is 0 Å². The molecule has 108 valence electrons. The van der Waals surface area contributed by atoms with Crippen LogP contribution in [0.3, 0.4) is 0 Å². The summed E-state index contributed by atoms with van der Waals surface area (Å²) in [5.41, 5.74) is 3.92. The smallest absolute Gasteiger partial charge is 0.409 e. The first-order valence-corrected chi connectivity index (χ1v) is 7.63. The summed E-state index contributed by atoms with van der Waals surface area (Å²) < 4.78 is 14.7. The van der Waals surface area contributed by atoms with E-state index in [0.717, 1.165) is 22.4 Å². The molecule has 1 aliphatic carbocycles. The fourth-order valence-electron chi connectivity index (χ4n) is 2.62. The number of aromatic nitrogens is 1. The summed E-state index contributed by atoms with van der Waals surface area (Å²) in [5, 5.41) is 10.3. The molecule has 0 amide bonds. The van der Waals surface area contributed by atoms with E-state index in [4.69, 9.17) is 11.6 Å². The Morgan fingerprint density at radius 1 is 1.48 bits per heavy atom. The lowest BCUT2D eigenvalue weighted by Crippen LogP contribution is -2.33. The van der Waals surface area contributed by atoms with E-state index < -0.39 is 7.05 Å². The van der Waals surface area contributed by atoms with Crippen LogP contribution in [0, 0.1) is 5.82 Å². The largest absolute Gasteiger partial charge is 0.432 e. The summed E-state index contributed by atoms with van der Waals surface area (Å²) in [5.74, 6) is -0.361. The van der Waals surface area contributed by atoms with E-state index in [1.54, 1.807) is 24.9 Å². The Labute approximate surface area is 136 Å². The third kappa shape index (κ3) is 2.35. The van der Waals surface area contributed by atoms with Crippen LogP contribution in [0.2, 0.25) is 11.8 Å². The van der Waals surface area contributed by atoms with Gasteiger partial charge in [-0.2, -0.15) is 0 Å². The highest BCUT2D eigenvalue weighted by molar-refractivity contribution is 9.10. The van der Waals surface area contributed by atoms with E-state index in [2.05, 4.69) is 20.9 Å². The molecule has 0 saturated heterocycles. The minimum absolute atomic E-state index is 0.361. The van der Waals surface area contributed by atoms with E-state index in [0.29, 0.717) is 21.6 Å². The minimum atomic E-state index is -0.713. The summed E-state index contributed by atoms with van der Waals surface area (Å²) in [7, 11) is 1.02. The highest BCUT2D eigenvalue weighted by Crippen LogP contribution is 2.46. The Morgan fingerprint density at radius 3 is 2.86 bits per heavy atom. The lowest BCUT2D eigenvalue weighted by Gasteiger charge is -2.23. The van der Waals surface area contributed by atoms with Crippen molar-refractivity contribution in [1.29, 1.82) is 0 Å². The first kappa shape index (κ1) is 14.8. The molecule has 0 aliphatic heterocycles. The number of pyridine rings is 1. The Hall–Kier alpha value is -1.11. The van der Waals surface area contributed by atoms with Gasteiger partial charge in [0.25, 0.3) is 0 Å². The molecule has 0 unspecified atom stereocenters. The van der Waals surface area contributed by atoms with Crippen molar-refractivity contribution in [3.05, 3.63) is 44.9 Å². The average molecular weight is 369 g/mol. The van der Waals surface area contributed by atoms with E-state index in [1.807, 2.05) is 0 Å². The van der Waals surface area contributed by atoms with Gasteiger partial charge in [0.05, 0.1) is 15.2 Å². The fourth-order valence-corrected chi connectivity index (χ4v) is 3.18. The van der Waals surface area contributed by atoms with Crippen molar-refractivity contribution >= 4 is 40.3 Å². The molecule has 0 bridgehead atoms. The Balaban J connectivity index is 2.26. The summed E-state index contributed by atoms with van der Waals surface area (Å²) in [6.45, 7) is 1.64. The number of hydrogen-bond acceptors (Lipinski definition) is 3.